The highest BCUT2D eigenvalue weighted by Gasteiger charge is 2.58. The minimum Gasteiger partial charge on any atom is -0.324 e. The molecule has 2 bridgehead atoms. The van der Waals surface area contributed by atoms with Gasteiger partial charge in [-0.15, -0.1) is 9.60 Å². The van der Waals surface area contributed by atoms with E-state index in [1.54, 1.807) is 0 Å². The summed E-state index contributed by atoms with van der Waals surface area (Å²) in [4.78, 5) is 15.1. The third-order valence-corrected chi connectivity index (χ3v) is 8.63. The number of hydrogen-bond acceptors (Lipinski definition) is 6. The van der Waals surface area contributed by atoms with Crippen LogP contribution in [0, 0.1) is 5.92 Å². The Morgan fingerprint density at radius 1 is 1.08 bits per heavy atom. The third-order valence-electron chi connectivity index (χ3n) is 8.63. The van der Waals surface area contributed by atoms with Crippen molar-refractivity contribution in [3.8, 4) is 11.3 Å². The van der Waals surface area contributed by atoms with Gasteiger partial charge in [0, 0.05) is 42.0 Å². The largest absolute Gasteiger partial charge is 0.324 e. The van der Waals surface area contributed by atoms with Crippen molar-refractivity contribution in [2.24, 2.45) is 21.6 Å². The van der Waals surface area contributed by atoms with Crippen molar-refractivity contribution in [1.29, 1.82) is 0 Å². The monoisotopic (exact) mass is 480 g/mol. The van der Waals surface area contributed by atoms with Gasteiger partial charge < -0.3 is 11.1 Å². The number of nitrogens with one attached hydrogen (secondary N) is 1. The smallest absolute Gasteiger partial charge is 0.260 e. The number of rotatable bonds is 5. The van der Waals surface area contributed by atoms with Crippen LogP contribution >= 0.6 is 0 Å². The molecule has 1 aliphatic carbocycles. The minimum atomic E-state index is 0.0325. The molecule has 0 amide bonds. The van der Waals surface area contributed by atoms with Crippen LogP contribution in [0.2, 0.25) is 0 Å². The first-order chi connectivity index (χ1) is 17.6. The number of amidine groups is 2. The van der Waals surface area contributed by atoms with Crippen molar-refractivity contribution >= 4 is 17.4 Å². The SMILES string of the molecule is CC(N)c1ccc(-c2ccc(C3=CC4=NC=C[N@@+]4(N4C[C@@H]5C[C@H]4CN5)C(C4CCCC4)=N3)cn2)cc1. The van der Waals surface area contributed by atoms with Crippen LogP contribution in [0.4, 0.5) is 0 Å². The molecule has 7 rings (SSSR count). The first-order valence-corrected chi connectivity index (χ1v) is 13.4. The van der Waals surface area contributed by atoms with Crippen LogP contribution in [0.3, 0.4) is 0 Å². The summed E-state index contributed by atoms with van der Waals surface area (Å²) in [5.41, 5.74) is 11.2. The number of aromatic nitrogens is 1. The Kier molecular flexibility index (Phi) is 5.29. The zero-order valence-electron chi connectivity index (χ0n) is 20.8. The molecule has 7 nitrogen and oxygen atoms in total. The summed E-state index contributed by atoms with van der Waals surface area (Å²) in [5.74, 6) is 2.81. The second-order valence-corrected chi connectivity index (χ2v) is 10.9. The molecule has 2 saturated heterocycles. The molecule has 184 valence electrons. The van der Waals surface area contributed by atoms with Crippen LogP contribution in [0.1, 0.15) is 56.2 Å². The number of nitrogens with zero attached hydrogens (tertiary/aromatic N) is 5. The van der Waals surface area contributed by atoms with Crippen LogP contribution in [0.25, 0.3) is 17.0 Å². The predicted octanol–water partition coefficient (Wildman–Crippen LogP) is 4.37. The van der Waals surface area contributed by atoms with Crippen LogP contribution < -0.4 is 11.1 Å². The summed E-state index contributed by atoms with van der Waals surface area (Å²) in [7, 11) is 0. The van der Waals surface area contributed by atoms with E-state index in [1.165, 1.54) is 37.9 Å². The topological polar surface area (TPSA) is 78.9 Å². The second-order valence-electron chi connectivity index (χ2n) is 10.9. The van der Waals surface area contributed by atoms with Gasteiger partial charge >= 0.3 is 0 Å². The van der Waals surface area contributed by atoms with Gasteiger partial charge in [-0.3, -0.25) is 4.98 Å². The highest BCUT2D eigenvalue weighted by molar-refractivity contribution is 6.08. The molecule has 0 radical (unpaired) electrons. The number of aliphatic imine (C=N–C) groups is 2. The van der Waals surface area contributed by atoms with E-state index in [1.807, 2.05) is 19.3 Å². The minimum absolute atomic E-state index is 0.0325. The van der Waals surface area contributed by atoms with Gasteiger partial charge in [-0.05, 0) is 43.9 Å². The molecule has 3 fully saturated rings. The average molecular weight is 481 g/mol. The molecule has 7 heteroatoms. The van der Waals surface area contributed by atoms with Crippen LogP contribution in [-0.4, -0.2) is 51.4 Å². The first kappa shape index (κ1) is 22.2. The molecule has 1 aromatic heterocycles. The Hall–Kier alpha value is -2.97. The van der Waals surface area contributed by atoms with E-state index in [0.717, 1.165) is 47.0 Å². The van der Waals surface area contributed by atoms with Gasteiger partial charge in [-0.1, -0.05) is 37.1 Å². The Morgan fingerprint density at radius 3 is 2.56 bits per heavy atom. The van der Waals surface area contributed by atoms with Crippen molar-refractivity contribution in [3.63, 3.8) is 0 Å². The lowest BCUT2D eigenvalue weighted by Gasteiger charge is -2.44. The normalized spacial score (nSPS) is 30.3. The first-order valence-electron chi connectivity index (χ1n) is 13.4. The van der Waals surface area contributed by atoms with Crippen LogP contribution in [0.15, 0.2) is 71.1 Å². The van der Waals surface area contributed by atoms with E-state index < -0.39 is 0 Å². The van der Waals surface area contributed by atoms with Gasteiger partial charge in [0.25, 0.3) is 5.84 Å². The summed E-state index contributed by atoms with van der Waals surface area (Å²) >= 11 is 0. The fourth-order valence-corrected chi connectivity index (χ4v) is 6.70. The quantitative estimate of drug-likeness (QED) is 0.623. The van der Waals surface area contributed by atoms with Gasteiger partial charge in [0.15, 0.2) is 0 Å². The molecule has 4 atom stereocenters. The van der Waals surface area contributed by atoms with Gasteiger partial charge in [-0.25, -0.2) is 0 Å². The van der Waals surface area contributed by atoms with Crippen LogP contribution in [-0.2, 0) is 0 Å². The van der Waals surface area contributed by atoms with Crippen molar-refractivity contribution in [1.82, 2.24) is 15.3 Å². The molecule has 4 aliphatic heterocycles. The van der Waals surface area contributed by atoms with Crippen LogP contribution in [0.5, 0.6) is 0 Å². The lowest BCUT2D eigenvalue weighted by atomic mass is 10.0. The van der Waals surface area contributed by atoms with E-state index >= 15 is 0 Å². The molecule has 1 aromatic carbocycles. The van der Waals surface area contributed by atoms with E-state index in [4.69, 9.17) is 20.7 Å². The number of quaternary nitrogens is 1. The van der Waals surface area contributed by atoms with E-state index in [2.05, 4.69) is 59.0 Å². The van der Waals surface area contributed by atoms with Gasteiger partial charge in [0.1, 0.15) is 6.20 Å². The number of pyridine rings is 1. The number of fused-ring (bicyclic) bond motifs is 3. The van der Waals surface area contributed by atoms with E-state index in [-0.39, 0.29) is 6.04 Å². The molecule has 5 heterocycles. The van der Waals surface area contributed by atoms with E-state index in [0.29, 0.717) is 22.6 Å². The summed E-state index contributed by atoms with van der Waals surface area (Å²) in [5, 5.41) is 6.30. The second kappa shape index (κ2) is 8.56. The number of benzene rings is 1. The average Bonchev–Trinajstić information content (AvgIpc) is 3.72. The van der Waals surface area contributed by atoms with Gasteiger partial charge in [-0.2, -0.15) is 9.98 Å². The molecular formula is C29H34N7+. The maximum atomic E-state index is 6.01. The molecule has 0 spiro atoms. The zero-order valence-corrected chi connectivity index (χ0v) is 20.8. The standard InChI is InChI=1S/C29H34N7/c1-19(30)20-6-8-21(9-7-20)26-11-10-23(16-33-26)27-15-28-31-12-13-36(28,29(34-27)22-4-2-3-5-22)35-18-24-14-25(35)17-32-24/h6-13,15-16,19,22,24-25,32H,2-5,14,17-18,30H2,1H3/q+1/t19?,24-,25-,36-/m0/s1. The molecule has 36 heavy (non-hydrogen) atoms. The number of piperazine rings is 1. The summed E-state index contributed by atoms with van der Waals surface area (Å²) < 4.78 is 0.606. The zero-order chi connectivity index (χ0) is 24.3. The molecule has 3 N–H and O–H groups in total. The predicted molar refractivity (Wildman–Crippen MR) is 143 cm³/mol. The van der Waals surface area contributed by atoms with Crippen molar-refractivity contribution in [3.05, 3.63) is 72.2 Å². The molecule has 5 aliphatic rings. The lowest BCUT2D eigenvalue weighted by molar-refractivity contribution is -0.835. The maximum absolute atomic E-state index is 6.01. The Balaban J connectivity index is 1.24. The molecule has 1 saturated carbocycles. The molecule has 2 aromatic rings. The van der Waals surface area contributed by atoms with Crippen molar-refractivity contribution in [2.45, 2.75) is 57.2 Å². The summed E-state index contributed by atoms with van der Waals surface area (Å²) in [6.07, 6.45) is 14.6. The van der Waals surface area contributed by atoms with Crippen molar-refractivity contribution < 1.29 is 4.59 Å². The lowest BCUT2D eigenvalue weighted by Crippen LogP contribution is -2.68. The number of nitrogens with two attached hydrogens (primary N) is 1. The van der Waals surface area contributed by atoms with Crippen molar-refractivity contribution in [2.75, 3.05) is 13.1 Å². The van der Waals surface area contributed by atoms with Gasteiger partial charge in [0.2, 0.25) is 5.84 Å². The Morgan fingerprint density at radius 2 is 1.89 bits per heavy atom. The Bertz CT molecular complexity index is 1280. The van der Waals surface area contributed by atoms with E-state index in [9.17, 15) is 0 Å². The number of hydrogen-bond donors (Lipinski definition) is 2. The third kappa shape index (κ3) is 3.45. The Labute approximate surface area is 212 Å². The molecular weight excluding hydrogens is 446 g/mol. The fourth-order valence-electron chi connectivity index (χ4n) is 6.70. The van der Waals surface area contributed by atoms with Gasteiger partial charge in [0.05, 0.1) is 36.1 Å². The summed E-state index contributed by atoms with van der Waals surface area (Å²) in [6, 6.07) is 13.7. The highest BCUT2D eigenvalue weighted by Crippen LogP contribution is 2.42. The highest BCUT2D eigenvalue weighted by atomic mass is 15.8. The fraction of sp³-hybridized carbons (Fsp3) is 0.414. The molecule has 1 unspecified atom stereocenters. The maximum Gasteiger partial charge on any atom is 0.260 e. The summed E-state index contributed by atoms with van der Waals surface area (Å²) in [6.45, 7) is 4.10.